The van der Waals surface area contributed by atoms with E-state index in [-0.39, 0.29) is 23.7 Å². The third kappa shape index (κ3) is 1.54. The van der Waals surface area contributed by atoms with Crippen LogP contribution in [0.15, 0.2) is 12.1 Å². The molecule has 0 radical (unpaired) electrons. The summed E-state index contributed by atoms with van der Waals surface area (Å²) in [5, 5.41) is 33.6. The number of piperidine rings is 1. The summed E-state index contributed by atoms with van der Waals surface area (Å²) in [6.07, 6.45) is 2.00. The molecule has 1 saturated heterocycles. The van der Waals surface area contributed by atoms with Crippen LogP contribution in [0, 0.1) is 5.92 Å². The van der Waals surface area contributed by atoms with Gasteiger partial charge < -0.3 is 20.1 Å². The van der Waals surface area contributed by atoms with E-state index < -0.39 is 29.3 Å². The molecule has 5 aliphatic rings. The highest BCUT2D eigenvalue weighted by Crippen LogP contribution is 2.66. The van der Waals surface area contributed by atoms with Gasteiger partial charge in [-0.25, -0.2) is 0 Å². The number of hydrogen-bond acceptors (Lipinski definition) is 6. The molecular weight excluding hydrogens is 334 g/mol. The quantitative estimate of drug-likeness (QED) is 0.732. The second-order valence-corrected chi connectivity index (χ2v) is 8.82. The molecule has 5 atom stereocenters. The van der Waals surface area contributed by atoms with Crippen molar-refractivity contribution in [2.45, 2.75) is 61.4 Å². The van der Waals surface area contributed by atoms with E-state index in [1.807, 2.05) is 0 Å². The summed E-state index contributed by atoms with van der Waals surface area (Å²) in [6.45, 7) is 1.61. The molecule has 2 bridgehead atoms. The predicted octanol–water partition coefficient (Wildman–Crippen LogP) is 1.02. The van der Waals surface area contributed by atoms with Crippen LogP contribution in [0.5, 0.6) is 11.5 Å². The Labute approximate surface area is 151 Å². The van der Waals surface area contributed by atoms with Gasteiger partial charge in [-0.15, -0.1) is 0 Å². The van der Waals surface area contributed by atoms with Crippen molar-refractivity contribution in [3.63, 3.8) is 0 Å². The maximum Gasteiger partial charge on any atom is 0.174 e. The maximum atomic E-state index is 12.7. The van der Waals surface area contributed by atoms with E-state index >= 15 is 0 Å². The SMILES string of the molecule is O=C1CCC2(O)C3C(O)c4ccc(O)c5c4C2(CCN3CC2CC2)C1O5. The summed E-state index contributed by atoms with van der Waals surface area (Å²) in [4.78, 5) is 15.0. The van der Waals surface area contributed by atoms with Crippen LogP contribution >= 0.6 is 0 Å². The number of aliphatic hydroxyl groups excluding tert-OH is 1. The van der Waals surface area contributed by atoms with Gasteiger partial charge in [-0.2, -0.15) is 0 Å². The molecule has 3 N–H and O–H groups in total. The van der Waals surface area contributed by atoms with E-state index in [9.17, 15) is 20.1 Å². The van der Waals surface area contributed by atoms with Crippen molar-refractivity contribution < 1.29 is 24.9 Å². The van der Waals surface area contributed by atoms with Gasteiger partial charge in [0.15, 0.2) is 23.4 Å². The Balaban J connectivity index is 1.61. The minimum Gasteiger partial charge on any atom is -0.504 e. The summed E-state index contributed by atoms with van der Waals surface area (Å²) < 4.78 is 5.97. The fraction of sp³-hybridized carbons (Fsp3) is 0.650. The lowest BCUT2D eigenvalue weighted by atomic mass is 9.48. The minimum atomic E-state index is -1.22. The average molecular weight is 357 g/mol. The Bertz CT molecular complexity index is 836. The molecule has 0 aromatic heterocycles. The molecule has 3 fully saturated rings. The molecular formula is C20H23NO5. The van der Waals surface area contributed by atoms with E-state index in [2.05, 4.69) is 4.90 Å². The molecule has 2 heterocycles. The monoisotopic (exact) mass is 357 g/mol. The number of ether oxygens (including phenoxy) is 1. The number of Topliss-reactive ketones (excluding diaryl/α,β-unsaturated/α-hetero) is 1. The number of ketones is 1. The zero-order valence-electron chi connectivity index (χ0n) is 14.5. The van der Waals surface area contributed by atoms with E-state index in [4.69, 9.17) is 4.74 Å². The standard InChI is InChI=1S/C20H23NO5/c22-12-4-3-11-14-16(12)26-18-13(23)5-6-20(25)17(15(11)24)21(9-10-1-2-10)8-7-19(14,18)20/h3-4,10,15,17-18,22,24-25H,1-2,5-9H2. The fourth-order valence-corrected chi connectivity index (χ4v) is 6.33. The van der Waals surface area contributed by atoms with Crippen molar-refractivity contribution in [3.8, 4) is 11.5 Å². The molecule has 6 rings (SSSR count). The summed E-state index contributed by atoms with van der Waals surface area (Å²) in [7, 11) is 0. The molecule has 5 unspecified atom stereocenters. The van der Waals surface area contributed by atoms with Crippen molar-refractivity contribution in [1.29, 1.82) is 0 Å². The number of aromatic hydroxyl groups is 1. The van der Waals surface area contributed by atoms with Crippen LogP contribution < -0.4 is 4.74 Å². The highest BCUT2D eigenvalue weighted by atomic mass is 16.5. The molecule has 2 saturated carbocycles. The number of aliphatic hydroxyl groups is 2. The van der Waals surface area contributed by atoms with Gasteiger partial charge in [0.05, 0.1) is 23.2 Å². The zero-order chi connectivity index (χ0) is 17.8. The summed E-state index contributed by atoms with van der Waals surface area (Å²) in [5.41, 5.74) is -0.696. The maximum absolute atomic E-state index is 12.7. The number of hydrogen-bond donors (Lipinski definition) is 3. The third-order valence-corrected chi connectivity index (χ3v) is 7.60. The molecule has 1 aromatic rings. The van der Waals surface area contributed by atoms with Crippen molar-refractivity contribution in [3.05, 3.63) is 23.3 Å². The van der Waals surface area contributed by atoms with E-state index in [1.165, 1.54) is 18.9 Å². The number of carbonyl (C=O) groups is 1. The molecule has 1 aromatic carbocycles. The van der Waals surface area contributed by atoms with Crippen molar-refractivity contribution in [2.75, 3.05) is 13.1 Å². The largest absolute Gasteiger partial charge is 0.504 e. The predicted molar refractivity (Wildman–Crippen MR) is 91.1 cm³/mol. The highest BCUT2D eigenvalue weighted by Gasteiger charge is 2.74. The van der Waals surface area contributed by atoms with Gasteiger partial charge in [-0.05, 0) is 49.8 Å². The first-order chi connectivity index (χ1) is 12.5. The molecule has 6 heteroatoms. The lowest BCUT2D eigenvalue weighted by Gasteiger charge is -2.63. The molecule has 6 nitrogen and oxygen atoms in total. The third-order valence-electron chi connectivity index (χ3n) is 7.60. The first-order valence-electron chi connectivity index (χ1n) is 9.67. The van der Waals surface area contributed by atoms with E-state index in [0.29, 0.717) is 29.9 Å². The van der Waals surface area contributed by atoms with Crippen molar-refractivity contribution >= 4 is 5.78 Å². The Kier molecular flexibility index (Phi) is 2.74. The number of phenolic OH excluding ortho intramolecular Hbond substituents is 1. The van der Waals surface area contributed by atoms with Crippen LogP contribution in [0.1, 0.15) is 49.3 Å². The number of nitrogens with zero attached hydrogens (tertiary/aromatic N) is 1. The molecule has 2 aliphatic heterocycles. The van der Waals surface area contributed by atoms with E-state index in [0.717, 1.165) is 13.1 Å². The number of carbonyl (C=O) groups excluding carboxylic acids is 1. The zero-order valence-corrected chi connectivity index (χ0v) is 14.5. The first kappa shape index (κ1) is 15.4. The first-order valence-corrected chi connectivity index (χ1v) is 9.67. The van der Waals surface area contributed by atoms with Crippen LogP contribution in [-0.2, 0) is 10.2 Å². The molecule has 3 aliphatic carbocycles. The number of likely N-dealkylation sites (tertiary alicyclic amines) is 1. The Morgan fingerprint density at radius 2 is 2.08 bits per heavy atom. The van der Waals surface area contributed by atoms with Crippen LogP contribution in [-0.4, -0.2) is 56.8 Å². The van der Waals surface area contributed by atoms with Gasteiger partial charge in [0.25, 0.3) is 0 Å². The van der Waals surface area contributed by atoms with Crippen molar-refractivity contribution in [2.24, 2.45) is 5.92 Å². The highest BCUT2D eigenvalue weighted by molar-refractivity contribution is 5.90. The minimum absolute atomic E-state index is 0.0120. The fourth-order valence-electron chi connectivity index (χ4n) is 6.33. The summed E-state index contributed by atoms with van der Waals surface area (Å²) in [6, 6.07) is 2.83. The normalized spacial score (nSPS) is 43.2. The van der Waals surface area contributed by atoms with Crippen molar-refractivity contribution in [1.82, 2.24) is 4.90 Å². The van der Waals surface area contributed by atoms with Gasteiger partial charge in [0, 0.05) is 18.5 Å². The Morgan fingerprint density at radius 1 is 1.27 bits per heavy atom. The molecule has 26 heavy (non-hydrogen) atoms. The van der Waals surface area contributed by atoms with E-state index in [1.54, 1.807) is 6.07 Å². The molecule has 1 spiro atoms. The smallest absolute Gasteiger partial charge is 0.174 e. The summed E-state index contributed by atoms with van der Waals surface area (Å²) in [5.74, 6) is 0.905. The van der Waals surface area contributed by atoms with Gasteiger partial charge in [0.1, 0.15) is 0 Å². The van der Waals surface area contributed by atoms with Crippen LogP contribution in [0.25, 0.3) is 0 Å². The van der Waals surface area contributed by atoms with Crippen LogP contribution in [0.4, 0.5) is 0 Å². The van der Waals surface area contributed by atoms with Gasteiger partial charge in [-0.1, -0.05) is 6.07 Å². The topological polar surface area (TPSA) is 90.2 Å². The number of phenols is 1. The Morgan fingerprint density at radius 3 is 2.85 bits per heavy atom. The number of rotatable bonds is 2. The average Bonchev–Trinajstić information content (AvgIpc) is 3.35. The van der Waals surface area contributed by atoms with Crippen LogP contribution in [0.3, 0.4) is 0 Å². The second-order valence-electron chi connectivity index (χ2n) is 8.82. The van der Waals surface area contributed by atoms with Gasteiger partial charge in [0.2, 0.25) is 0 Å². The molecule has 0 amide bonds. The van der Waals surface area contributed by atoms with Gasteiger partial charge >= 0.3 is 0 Å². The number of benzene rings is 1. The lowest BCUT2D eigenvalue weighted by Crippen LogP contribution is -2.77. The Hall–Kier alpha value is -1.63. The lowest BCUT2D eigenvalue weighted by molar-refractivity contribution is -0.211. The second kappa shape index (κ2) is 4.61. The summed E-state index contributed by atoms with van der Waals surface area (Å²) >= 11 is 0. The molecule has 138 valence electrons. The van der Waals surface area contributed by atoms with Crippen LogP contribution in [0.2, 0.25) is 0 Å². The van der Waals surface area contributed by atoms with Gasteiger partial charge in [-0.3, -0.25) is 9.69 Å².